The van der Waals surface area contributed by atoms with Crippen molar-refractivity contribution in [2.45, 2.75) is 65.3 Å². The fraction of sp³-hybridized carbons (Fsp3) is 0.412. The predicted octanol–water partition coefficient (Wildman–Crippen LogP) is 8.36. The lowest BCUT2D eigenvalue weighted by Crippen LogP contribution is -2.35. The fourth-order valence-corrected chi connectivity index (χ4v) is 6.01. The van der Waals surface area contributed by atoms with Crippen molar-refractivity contribution in [2.24, 2.45) is 4.99 Å². The number of aliphatic imine (C=N–C) groups is 1. The maximum atomic E-state index is 13.0. The number of benzene rings is 3. The molecule has 3 aromatic carbocycles. The minimum atomic E-state index is 0.0826. The monoisotopic (exact) mass is 682 g/mol. The number of carbonyl (C=O) groups is 1. The third-order valence-electron chi connectivity index (χ3n) is 7.98. The van der Waals surface area contributed by atoms with E-state index in [4.69, 9.17) is 18.9 Å². The minimum absolute atomic E-state index is 0.0826. The highest BCUT2D eigenvalue weighted by atomic mass is 127. The van der Waals surface area contributed by atoms with Crippen molar-refractivity contribution in [3.63, 3.8) is 0 Å². The second-order valence-corrected chi connectivity index (χ2v) is 12.2. The molecule has 0 saturated carbocycles. The summed E-state index contributed by atoms with van der Waals surface area (Å²) in [5, 5.41) is 0. The van der Waals surface area contributed by atoms with Crippen molar-refractivity contribution in [1.82, 2.24) is 4.90 Å². The van der Waals surface area contributed by atoms with E-state index in [9.17, 15) is 4.79 Å². The van der Waals surface area contributed by atoms with Crippen LogP contribution in [0.1, 0.15) is 65.6 Å². The standard InChI is InChI=1S/C34H39IN2O5/c1-22-16-27(19-33(39-4)24(22)3)42-31-12-11-26(18-29(31)35)40-14-7-5-6-8-15-41-32-20-30-28(17-23(32)2)34(38)37-13-9-10-25(37)21-36-30/h11-12,16-21,25H,5-10,13-15H2,1-4H3/t25-/m0/s1. The Bertz CT molecular complexity index is 1470. The molecule has 2 aliphatic heterocycles. The van der Waals surface area contributed by atoms with Gasteiger partial charge in [0.1, 0.15) is 28.7 Å². The van der Waals surface area contributed by atoms with Crippen molar-refractivity contribution in [3.05, 3.63) is 68.3 Å². The molecule has 0 aromatic heterocycles. The summed E-state index contributed by atoms with van der Waals surface area (Å²) in [6.45, 7) is 8.21. The molecule has 0 N–H and O–H groups in total. The van der Waals surface area contributed by atoms with Gasteiger partial charge in [0.15, 0.2) is 0 Å². The van der Waals surface area contributed by atoms with E-state index < -0.39 is 0 Å². The van der Waals surface area contributed by atoms with Gasteiger partial charge in [0.05, 0.1) is 41.2 Å². The lowest BCUT2D eigenvalue weighted by atomic mass is 10.1. The molecule has 0 aliphatic carbocycles. The lowest BCUT2D eigenvalue weighted by molar-refractivity contribution is 0.0774. The first kappa shape index (κ1) is 30.2. The summed E-state index contributed by atoms with van der Waals surface area (Å²) in [7, 11) is 1.68. The molecule has 2 aliphatic rings. The fourth-order valence-electron chi connectivity index (χ4n) is 5.41. The van der Waals surface area contributed by atoms with Crippen LogP contribution in [0.15, 0.2) is 47.5 Å². The molecular formula is C34H39IN2O5. The van der Waals surface area contributed by atoms with Gasteiger partial charge in [-0.1, -0.05) is 0 Å². The summed E-state index contributed by atoms with van der Waals surface area (Å²) in [4.78, 5) is 19.6. The van der Waals surface area contributed by atoms with Crippen molar-refractivity contribution in [2.75, 3.05) is 26.9 Å². The van der Waals surface area contributed by atoms with E-state index in [-0.39, 0.29) is 11.9 Å². The van der Waals surface area contributed by atoms with Crippen LogP contribution in [0, 0.1) is 24.3 Å². The number of carbonyl (C=O) groups excluding carboxylic acids is 1. The SMILES string of the molecule is COc1cc(Oc2ccc(OCCCCCCOc3cc4c(cc3C)C(=O)N3CCC[C@H]3C=N4)cc2I)cc(C)c1C. The van der Waals surface area contributed by atoms with Gasteiger partial charge in [0.2, 0.25) is 0 Å². The van der Waals surface area contributed by atoms with E-state index in [1.54, 1.807) is 7.11 Å². The summed E-state index contributed by atoms with van der Waals surface area (Å²) in [5.41, 5.74) is 4.61. The molecule has 0 unspecified atom stereocenters. The highest BCUT2D eigenvalue weighted by Gasteiger charge is 2.32. The number of hydrogen-bond acceptors (Lipinski definition) is 6. The Morgan fingerprint density at radius 3 is 2.43 bits per heavy atom. The van der Waals surface area contributed by atoms with Crippen molar-refractivity contribution < 1.29 is 23.7 Å². The predicted molar refractivity (Wildman–Crippen MR) is 175 cm³/mol. The Morgan fingerprint density at radius 1 is 0.881 bits per heavy atom. The second kappa shape index (κ2) is 13.8. The van der Waals surface area contributed by atoms with E-state index in [2.05, 4.69) is 34.5 Å². The molecule has 42 heavy (non-hydrogen) atoms. The van der Waals surface area contributed by atoms with Gasteiger partial charge in [-0.2, -0.15) is 0 Å². The molecule has 7 nitrogen and oxygen atoms in total. The topological polar surface area (TPSA) is 69.6 Å². The maximum Gasteiger partial charge on any atom is 0.256 e. The quantitative estimate of drug-likeness (QED) is 0.142. The average molecular weight is 683 g/mol. The van der Waals surface area contributed by atoms with Crippen molar-refractivity contribution in [1.29, 1.82) is 0 Å². The van der Waals surface area contributed by atoms with Crippen LogP contribution in [0.3, 0.4) is 0 Å². The molecule has 0 spiro atoms. The van der Waals surface area contributed by atoms with Gasteiger partial charge in [0, 0.05) is 24.9 Å². The van der Waals surface area contributed by atoms with Crippen LogP contribution in [0.5, 0.6) is 28.7 Å². The number of rotatable bonds is 12. The van der Waals surface area contributed by atoms with E-state index >= 15 is 0 Å². The third-order valence-corrected chi connectivity index (χ3v) is 8.82. The Morgan fingerprint density at radius 2 is 1.67 bits per heavy atom. The normalized spacial score (nSPS) is 15.7. The Labute approximate surface area is 262 Å². The minimum Gasteiger partial charge on any atom is -0.496 e. The van der Waals surface area contributed by atoms with Crippen LogP contribution in [0.2, 0.25) is 0 Å². The van der Waals surface area contributed by atoms with Gasteiger partial charge in [-0.15, -0.1) is 0 Å². The number of amides is 1. The number of methoxy groups -OCH3 is 1. The van der Waals surface area contributed by atoms with Crippen LogP contribution >= 0.6 is 22.6 Å². The number of nitrogens with zero attached hydrogens (tertiary/aromatic N) is 2. The number of fused-ring (bicyclic) bond motifs is 2. The van der Waals surface area contributed by atoms with Gasteiger partial charge in [-0.05, 0) is 129 Å². The van der Waals surface area contributed by atoms with E-state index in [1.807, 2.05) is 67.4 Å². The molecule has 2 heterocycles. The number of hydrogen-bond donors (Lipinski definition) is 0. The van der Waals surface area contributed by atoms with E-state index in [0.717, 1.165) is 94.1 Å². The molecule has 0 radical (unpaired) electrons. The second-order valence-electron chi connectivity index (χ2n) is 11.0. The Kier molecular flexibility index (Phi) is 9.92. The van der Waals surface area contributed by atoms with Gasteiger partial charge in [0.25, 0.3) is 5.91 Å². The van der Waals surface area contributed by atoms with Gasteiger partial charge in [-0.3, -0.25) is 9.79 Å². The highest BCUT2D eigenvalue weighted by Crippen LogP contribution is 2.35. The molecule has 0 bridgehead atoms. The summed E-state index contributed by atoms with van der Waals surface area (Å²) in [6, 6.07) is 13.8. The third kappa shape index (κ3) is 7.02. The van der Waals surface area contributed by atoms with Gasteiger partial charge < -0.3 is 23.8 Å². The molecule has 1 atom stereocenters. The summed E-state index contributed by atoms with van der Waals surface area (Å²) in [5.74, 6) is 4.10. The van der Waals surface area contributed by atoms with Gasteiger partial charge in [-0.25, -0.2) is 0 Å². The first-order valence-electron chi connectivity index (χ1n) is 14.7. The molecule has 3 aromatic rings. The van der Waals surface area contributed by atoms with Gasteiger partial charge >= 0.3 is 0 Å². The Balaban J connectivity index is 1.02. The zero-order valence-corrected chi connectivity index (χ0v) is 27.0. The number of aryl methyl sites for hydroxylation is 2. The van der Waals surface area contributed by atoms with Crippen molar-refractivity contribution in [3.8, 4) is 28.7 Å². The van der Waals surface area contributed by atoms with Crippen LogP contribution in [-0.2, 0) is 0 Å². The lowest BCUT2D eigenvalue weighted by Gasteiger charge is -2.20. The number of ether oxygens (including phenoxy) is 4. The first-order chi connectivity index (χ1) is 20.3. The van der Waals surface area contributed by atoms with E-state index in [1.165, 1.54) is 0 Å². The first-order valence-corrected chi connectivity index (χ1v) is 15.8. The molecule has 1 amide bonds. The Hall–Kier alpha value is -3.27. The van der Waals surface area contributed by atoms with Crippen LogP contribution in [-0.4, -0.2) is 49.9 Å². The summed E-state index contributed by atoms with van der Waals surface area (Å²) >= 11 is 2.28. The largest absolute Gasteiger partial charge is 0.496 e. The highest BCUT2D eigenvalue weighted by molar-refractivity contribution is 14.1. The molecule has 222 valence electrons. The zero-order chi connectivity index (χ0) is 29.6. The molecule has 5 rings (SSSR count). The van der Waals surface area contributed by atoms with Crippen LogP contribution < -0.4 is 18.9 Å². The summed E-state index contributed by atoms with van der Waals surface area (Å²) in [6.07, 6.45) is 8.01. The maximum absolute atomic E-state index is 13.0. The zero-order valence-electron chi connectivity index (χ0n) is 24.9. The van der Waals surface area contributed by atoms with Crippen molar-refractivity contribution >= 4 is 40.4 Å². The molecular weight excluding hydrogens is 643 g/mol. The molecule has 8 heteroatoms. The van der Waals surface area contributed by atoms with Crippen LogP contribution in [0.4, 0.5) is 5.69 Å². The van der Waals surface area contributed by atoms with E-state index in [0.29, 0.717) is 24.5 Å². The smallest absolute Gasteiger partial charge is 0.256 e. The van der Waals surface area contributed by atoms with Crippen LogP contribution in [0.25, 0.3) is 0 Å². The molecule has 1 fully saturated rings. The molecule has 1 saturated heterocycles. The number of unbranched alkanes of at least 4 members (excludes halogenated alkanes) is 3. The average Bonchev–Trinajstić information content (AvgIpc) is 3.41. The summed E-state index contributed by atoms with van der Waals surface area (Å²) < 4.78 is 24.7. The number of halogens is 1.